The zero-order chi connectivity index (χ0) is 12.0. The molecule has 16 heavy (non-hydrogen) atoms. The Morgan fingerprint density at radius 2 is 1.81 bits per heavy atom. The predicted molar refractivity (Wildman–Crippen MR) is 71.5 cm³/mol. The molecule has 0 spiro atoms. The van der Waals surface area contributed by atoms with Gasteiger partial charge in [-0.2, -0.15) is 0 Å². The number of nitrogens with zero attached hydrogens (tertiary/aromatic N) is 1. The molecular formula is C14H30N2. The van der Waals surface area contributed by atoms with Gasteiger partial charge in [-0.1, -0.05) is 26.7 Å². The van der Waals surface area contributed by atoms with Crippen LogP contribution in [0.4, 0.5) is 0 Å². The Morgan fingerprint density at radius 3 is 2.38 bits per heavy atom. The third kappa shape index (κ3) is 4.84. The van der Waals surface area contributed by atoms with Gasteiger partial charge in [0.2, 0.25) is 0 Å². The molecule has 2 unspecified atom stereocenters. The van der Waals surface area contributed by atoms with Crippen LogP contribution in [0.25, 0.3) is 0 Å². The summed E-state index contributed by atoms with van der Waals surface area (Å²) in [4.78, 5) is 2.51. The van der Waals surface area contributed by atoms with Crippen LogP contribution < -0.4 is 5.73 Å². The van der Waals surface area contributed by atoms with Gasteiger partial charge in [0.25, 0.3) is 0 Å². The van der Waals surface area contributed by atoms with Gasteiger partial charge in [0, 0.05) is 6.54 Å². The smallest absolute Gasteiger partial charge is 0.000973 e. The molecule has 2 heteroatoms. The quantitative estimate of drug-likeness (QED) is 0.754. The molecule has 1 rings (SSSR count). The van der Waals surface area contributed by atoms with E-state index in [4.69, 9.17) is 5.73 Å². The lowest BCUT2D eigenvalue weighted by Gasteiger charge is -2.33. The highest BCUT2D eigenvalue weighted by Crippen LogP contribution is 2.29. The summed E-state index contributed by atoms with van der Waals surface area (Å²) in [5.41, 5.74) is 5.87. The van der Waals surface area contributed by atoms with E-state index in [-0.39, 0.29) is 0 Å². The number of hydrogen-bond donors (Lipinski definition) is 1. The highest BCUT2D eigenvalue weighted by Gasteiger charge is 2.24. The Hall–Kier alpha value is -0.0800. The summed E-state index contributed by atoms with van der Waals surface area (Å²) in [6, 6.07) is 0. The van der Waals surface area contributed by atoms with E-state index >= 15 is 0 Å². The van der Waals surface area contributed by atoms with Crippen LogP contribution in [0.2, 0.25) is 0 Å². The topological polar surface area (TPSA) is 29.3 Å². The van der Waals surface area contributed by atoms with Crippen molar-refractivity contribution in [2.75, 3.05) is 26.7 Å². The highest BCUT2D eigenvalue weighted by molar-refractivity contribution is 4.78. The van der Waals surface area contributed by atoms with Crippen molar-refractivity contribution in [3.63, 3.8) is 0 Å². The molecule has 96 valence electrons. The first kappa shape index (κ1) is 14.0. The van der Waals surface area contributed by atoms with Gasteiger partial charge in [0.15, 0.2) is 0 Å². The fourth-order valence-electron chi connectivity index (χ4n) is 2.81. The molecule has 0 aromatic carbocycles. The molecular weight excluding hydrogens is 196 g/mol. The van der Waals surface area contributed by atoms with E-state index in [2.05, 4.69) is 25.8 Å². The van der Waals surface area contributed by atoms with Crippen molar-refractivity contribution in [2.24, 2.45) is 23.5 Å². The van der Waals surface area contributed by atoms with E-state index in [9.17, 15) is 0 Å². The Morgan fingerprint density at radius 1 is 1.19 bits per heavy atom. The monoisotopic (exact) mass is 226 g/mol. The van der Waals surface area contributed by atoms with E-state index < -0.39 is 0 Å². The molecule has 1 fully saturated rings. The van der Waals surface area contributed by atoms with Gasteiger partial charge >= 0.3 is 0 Å². The molecule has 2 atom stereocenters. The predicted octanol–water partition coefficient (Wildman–Crippen LogP) is 2.73. The van der Waals surface area contributed by atoms with Crippen molar-refractivity contribution in [2.45, 2.75) is 46.0 Å². The summed E-state index contributed by atoms with van der Waals surface area (Å²) < 4.78 is 0. The van der Waals surface area contributed by atoms with Gasteiger partial charge in [-0.05, 0) is 57.2 Å². The van der Waals surface area contributed by atoms with Crippen LogP contribution >= 0.6 is 0 Å². The third-order valence-corrected chi connectivity index (χ3v) is 4.00. The fraction of sp³-hybridized carbons (Fsp3) is 1.00. The second-order valence-electron chi connectivity index (χ2n) is 5.99. The Labute approximate surface area is 102 Å². The standard InChI is InChI=1S/C14H30N2/c1-12(2)8-9-16(3)11-14-7-5-4-6-13(14)10-15/h12-14H,4-11,15H2,1-3H3. The third-order valence-electron chi connectivity index (χ3n) is 4.00. The van der Waals surface area contributed by atoms with Gasteiger partial charge < -0.3 is 10.6 Å². The van der Waals surface area contributed by atoms with Gasteiger partial charge in [0.05, 0.1) is 0 Å². The molecule has 2 N–H and O–H groups in total. The van der Waals surface area contributed by atoms with Crippen molar-refractivity contribution >= 4 is 0 Å². The maximum absolute atomic E-state index is 5.87. The second kappa shape index (κ2) is 7.29. The normalized spacial score (nSPS) is 26.6. The summed E-state index contributed by atoms with van der Waals surface area (Å²) in [6.45, 7) is 8.00. The molecule has 0 amide bonds. The van der Waals surface area contributed by atoms with E-state index in [0.29, 0.717) is 0 Å². The lowest BCUT2D eigenvalue weighted by molar-refractivity contribution is 0.170. The maximum atomic E-state index is 5.87. The molecule has 0 bridgehead atoms. The first-order valence-electron chi connectivity index (χ1n) is 7.02. The van der Waals surface area contributed by atoms with Crippen LogP contribution in [0.5, 0.6) is 0 Å². The Bertz CT molecular complexity index is 180. The van der Waals surface area contributed by atoms with E-state index in [1.165, 1.54) is 45.2 Å². The lowest BCUT2D eigenvalue weighted by Crippen LogP contribution is -2.36. The van der Waals surface area contributed by atoms with E-state index in [1.807, 2.05) is 0 Å². The summed E-state index contributed by atoms with van der Waals surface area (Å²) in [5, 5.41) is 0. The molecule has 1 aliphatic carbocycles. The first-order valence-corrected chi connectivity index (χ1v) is 7.02. The van der Waals surface area contributed by atoms with Crippen molar-refractivity contribution < 1.29 is 0 Å². The minimum atomic E-state index is 0.787. The van der Waals surface area contributed by atoms with Gasteiger partial charge in [-0.3, -0.25) is 0 Å². The Kier molecular flexibility index (Phi) is 6.37. The SMILES string of the molecule is CC(C)CCN(C)CC1CCCCC1CN. The fourth-order valence-corrected chi connectivity index (χ4v) is 2.81. The molecule has 1 aliphatic rings. The number of hydrogen-bond acceptors (Lipinski definition) is 2. The average Bonchev–Trinajstić information content (AvgIpc) is 2.27. The number of nitrogens with two attached hydrogens (primary N) is 1. The van der Waals surface area contributed by atoms with Gasteiger partial charge in [0.1, 0.15) is 0 Å². The molecule has 0 aromatic heterocycles. The van der Waals surface area contributed by atoms with Crippen LogP contribution in [-0.4, -0.2) is 31.6 Å². The largest absolute Gasteiger partial charge is 0.330 e. The van der Waals surface area contributed by atoms with Crippen molar-refractivity contribution in [3.05, 3.63) is 0 Å². The molecule has 1 saturated carbocycles. The van der Waals surface area contributed by atoms with Crippen molar-refractivity contribution in [1.82, 2.24) is 4.90 Å². The molecule has 0 radical (unpaired) electrons. The average molecular weight is 226 g/mol. The van der Waals surface area contributed by atoms with Crippen molar-refractivity contribution in [3.8, 4) is 0 Å². The highest BCUT2D eigenvalue weighted by atomic mass is 15.1. The Balaban J connectivity index is 2.27. The van der Waals surface area contributed by atoms with Crippen molar-refractivity contribution in [1.29, 1.82) is 0 Å². The summed E-state index contributed by atoms with van der Waals surface area (Å²) in [5.74, 6) is 2.46. The van der Waals surface area contributed by atoms with Crippen LogP contribution in [0.15, 0.2) is 0 Å². The summed E-state index contributed by atoms with van der Waals surface area (Å²) >= 11 is 0. The summed E-state index contributed by atoms with van der Waals surface area (Å²) in [7, 11) is 2.27. The van der Waals surface area contributed by atoms with Crippen LogP contribution in [-0.2, 0) is 0 Å². The van der Waals surface area contributed by atoms with E-state index in [1.54, 1.807) is 0 Å². The zero-order valence-electron chi connectivity index (χ0n) is 11.4. The lowest BCUT2D eigenvalue weighted by atomic mass is 9.79. The molecule has 0 aliphatic heterocycles. The molecule has 0 heterocycles. The van der Waals surface area contributed by atoms with Crippen LogP contribution in [0.1, 0.15) is 46.0 Å². The maximum Gasteiger partial charge on any atom is 0.000973 e. The van der Waals surface area contributed by atoms with E-state index in [0.717, 1.165) is 24.3 Å². The molecule has 0 aromatic rings. The van der Waals surface area contributed by atoms with Gasteiger partial charge in [-0.15, -0.1) is 0 Å². The molecule has 2 nitrogen and oxygen atoms in total. The van der Waals surface area contributed by atoms with Crippen LogP contribution in [0, 0.1) is 17.8 Å². The van der Waals surface area contributed by atoms with Gasteiger partial charge in [-0.25, -0.2) is 0 Å². The number of rotatable bonds is 6. The first-order chi connectivity index (χ1) is 7.63. The minimum Gasteiger partial charge on any atom is -0.330 e. The minimum absolute atomic E-state index is 0.787. The summed E-state index contributed by atoms with van der Waals surface area (Å²) in [6.07, 6.45) is 6.89. The molecule has 0 saturated heterocycles. The zero-order valence-corrected chi connectivity index (χ0v) is 11.4. The second-order valence-corrected chi connectivity index (χ2v) is 5.99. The van der Waals surface area contributed by atoms with Crippen LogP contribution in [0.3, 0.4) is 0 Å².